The van der Waals surface area contributed by atoms with Gasteiger partial charge in [-0.25, -0.2) is 8.42 Å². The largest absolute Gasteiger partial charge is 0.497 e. The van der Waals surface area contributed by atoms with Crippen LogP contribution in [0.3, 0.4) is 0 Å². The predicted octanol–water partition coefficient (Wildman–Crippen LogP) is 3.70. The zero-order chi connectivity index (χ0) is 25.6. The van der Waals surface area contributed by atoms with Crippen LogP contribution in [0.15, 0.2) is 53.0 Å². The van der Waals surface area contributed by atoms with E-state index in [0.717, 1.165) is 46.3 Å². The zero-order valence-electron chi connectivity index (χ0n) is 20.2. The fourth-order valence-electron chi connectivity index (χ4n) is 4.12. The van der Waals surface area contributed by atoms with Gasteiger partial charge in [-0.15, -0.1) is 0 Å². The van der Waals surface area contributed by atoms with Crippen molar-refractivity contribution < 1.29 is 22.7 Å². The van der Waals surface area contributed by atoms with Crippen LogP contribution < -0.4 is 14.4 Å². The summed E-state index contributed by atoms with van der Waals surface area (Å²) in [6.45, 7) is 1.42. The molecule has 1 saturated carbocycles. The van der Waals surface area contributed by atoms with E-state index in [1.54, 1.807) is 31.2 Å². The van der Waals surface area contributed by atoms with Crippen LogP contribution >= 0.6 is 15.9 Å². The van der Waals surface area contributed by atoms with E-state index >= 15 is 0 Å². The summed E-state index contributed by atoms with van der Waals surface area (Å²) in [6, 6.07) is 13.2. The molecule has 0 saturated heterocycles. The average molecular weight is 567 g/mol. The Balaban J connectivity index is 1.86. The highest BCUT2D eigenvalue weighted by Crippen LogP contribution is 2.23. The summed E-state index contributed by atoms with van der Waals surface area (Å²) >= 11 is 3.41. The number of carbonyl (C=O) groups is 2. The Labute approximate surface area is 215 Å². The maximum absolute atomic E-state index is 13.6. The maximum atomic E-state index is 13.6. The molecule has 1 N–H and O–H groups in total. The van der Waals surface area contributed by atoms with Crippen LogP contribution in [-0.2, 0) is 26.2 Å². The number of ether oxygens (including phenoxy) is 1. The molecule has 1 atom stereocenters. The van der Waals surface area contributed by atoms with Crippen molar-refractivity contribution in [2.24, 2.45) is 0 Å². The lowest BCUT2D eigenvalue weighted by Gasteiger charge is -2.32. The van der Waals surface area contributed by atoms with Crippen LogP contribution in [-0.4, -0.2) is 57.1 Å². The molecule has 1 fully saturated rings. The summed E-state index contributed by atoms with van der Waals surface area (Å²) < 4.78 is 32.3. The van der Waals surface area contributed by atoms with Crippen LogP contribution in [0.5, 0.6) is 5.75 Å². The topological polar surface area (TPSA) is 96.0 Å². The van der Waals surface area contributed by atoms with E-state index in [4.69, 9.17) is 4.74 Å². The molecule has 1 aliphatic rings. The predicted molar refractivity (Wildman–Crippen MR) is 140 cm³/mol. The molecule has 0 aliphatic heterocycles. The first-order chi connectivity index (χ1) is 16.6. The summed E-state index contributed by atoms with van der Waals surface area (Å²) in [7, 11) is -2.25. The lowest BCUT2D eigenvalue weighted by Crippen LogP contribution is -2.52. The van der Waals surface area contributed by atoms with Crippen molar-refractivity contribution in [2.75, 3.05) is 24.2 Å². The van der Waals surface area contributed by atoms with Gasteiger partial charge in [-0.05, 0) is 61.7 Å². The first-order valence-electron chi connectivity index (χ1n) is 11.5. The van der Waals surface area contributed by atoms with E-state index in [9.17, 15) is 18.0 Å². The highest BCUT2D eigenvalue weighted by Gasteiger charge is 2.31. The Bertz CT molecular complexity index is 1120. The van der Waals surface area contributed by atoms with Gasteiger partial charge in [0.1, 0.15) is 18.3 Å². The molecule has 0 aromatic heterocycles. The van der Waals surface area contributed by atoms with Gasteiger partial charge in [0.15, 0.2) is 0 Å². The summed E-state index contributed by atoms with van der Waals surface area (Å²) in [6.07, 6.45) is 5.06. The monoisotopic (exact) mass is 565 g/mol. The summed E-state index contributed by atoms with van der Waals surface area (Å²) in [5.41, 5.74) is 1.17. The number of hydrogen-bond donors (Lipinski definition) is 1. The molecule has 0 spiro atoms. The van der Waals surface area contributed by atoms with Crippen molar-refractivity contribution in [1.82, 2.24) is 10.2 Å². The highest BCUT2D eigenvalue weighted by molar-refractivity contribution is 9.10. The SMILES string of the molecule is COc1ccc(N(CC(=O)N(Cc2ccc(Br)cc2)[C@H](C)C(=O)NC2CCCC2)S(C)(=O)=O)cc1. The Morgan fingerprint density at radius 2 is 1.69 bits per heavy atom. The van der Waals surface area contributed by atoms with Crippen molar-refractivity contribution in [3.63, 3.8) is 0 Å². The molecule has 3 rings (SSSR count). The van der Waals surface area contributed by atoms with Gasteiger partial charge in [-0.2, -0.15) is 0 Å². The molecule has 0 radical (unpaired) electrons. The van der Waals surface area contributed by atoms with Gasteiger partial charge in [-0.3, -0.25) is 13.9 Å². The Morgan fingerprint density at radius 3 is 2.23 bits per heavy atom. The number of amides is 2. The number of methoxy groups -OCH3 is 1. The number of hydrogen-bond acceptors (Lipinski definition) is 5. The lowest BCUT2D eigenvalue weighted by atomic mass is 10.1. The first kappa shape index (κ1) is 27.0. The number of rotatable bonds is 10. The van der Waals surface area contributed by atoms with E-state index < -0.39 is 28.5 Å². The van der Waals surface area contributed by atoms with Crippen molar-refractivity contribution in [2.45, 2.75) is 51.2 Å². The highest BCUT2D eigenvalue weighted by atomic mass is 79.9. The molecule has 2 aromatic rings. The molecule has 8 nitrogen and oxygen atoms in total. The molecule has 0 unspecified atom stereocenters. The molecule has 10 heteroatoms. The standard InChI is InChI=1S/C25H32BrN3O5S/c1-18(25(31)27-21-6-4-5-7-21)28(16-19-8-10-20(26)11-9-19)24(30)17-29(35(3,32)33)22-12-14-23(34-2)15-13-22/h8-15,18,21H,4-7,16-17H2,1-3H3,(H,27,31)/t18-/m1/s1. The second-order valence-corrected chi connectivity index (χ2v) is 11.6. The van der Waals surface area contributed by atoms with Gasteiger partial charge in [0.25, 0.3) is 0 Å². The van der Waals surface area contributed by atoms with E-state index in [0.29, 0.717) is 11.4 Å². The van der Waals surface area contributed by atoms with E-state index in [-0.39, 0.29) is 18.5 Å². The number of halogens is 1. The van der Waals surface area contributed by atoms with Crippen LogP contribution in [0.4, 0.5) is 5.69 Å². The summed E-state index contributed by atoms with van der Waals surface area (Å²) in [4.78, 5) is 28.1. The quantitative estimate of drug-likeness (QED) is 0.473. The second-order valence-electron chi connectivity index (χ2n) is 8.78. The normalized spacial score (nSPS) is 14.9. The smallest absolute Gasteiger partial charge is 0.244 e. The minimum atomic E-state index is -3.77. The Morgan fingerprint density at radius 1 is 1.09 bits per heavy atom. The molecule has 2 amide bonds. The average Bonchev–Trinajstić information content (AvgIpc) is 3.34. The van der Waals surface area contributed by atoms with Gasteiger partial charge in [0.05, 0.1) is 19.1 Å². The first-order valence-corrected chi connectivity index (χ1v) is 14.2. The number of carbonyl (C=O) groups excluding carboxylic acids is 2. The zero-order valence-corrected chi connectivity index (χ0v) is 22.6. The number of sulfonamides is 1. The third kappa shape index (κ3) is 7.44. The second kappa shape index (κ2) is 11.9. The molecule has 2 aromatic carbocycles. The van der Waals surface area contributed by atoms with Gasteiger partial charge in [0, 0.05) is 17.1 Å². The number of nitrogens with one attached hydrogen (secondary N) is 1. The minimum absolute atomic E-state index is 0.112. The Hall–Kier alpha value is -2.59. The van der Waals surface area contributed by atoms with Crippen molar-refractivity contribution >= 4 is 43.5 Å². The number of benzene rings is 2. The van der Waals surface area contributed by atoms with Crippen LogP contribution in [0.1, 0.15) is 38.2 Å². The molecular formula is C25H32BrN3O5S. The summed E-state index contributed by atoms with van der Waals surface area (Å²) in [5.74, 6) is -0.136. The minimum Gasteiger partial charge on any atom is -0.497 e. The van der Waals surface area contributed by atoms with Crippen molar-refractivity contribution in [3.8, 4) is 5.75 Å². The molecule has 0 heterocycles. The molecule has 0 bridgehead atoms. The van der Waals surface area contributed by atoms with Gasteiger partial charge in [-0.1, -0.05) is 40.9 Å². The number of nitrogens with zero attached hydrogens (tertiary/aromatic N) is 2. The third-order valence-electron chi connectivity index (χ3n) is 6.17. The lowest BCUT2D eigenvalue weighted by molar-refractivity contribution is -0.139. The van der Waals surface area contributed by atoms with Gasteiger partial charge >= 0.3 is 0 Å². The van der Waals surface area contributed by atoms with E-state index in [2.05, 4.69) is 21.2 Å². The summed E-state index contributed by atoms with van der Waals surface area (Å²) in [5, 5.41) is 3.05. The molecule has 190 valence electrons. The fourth-order valence-corrected chi connectivity index (χ4v) is 5.24. The van der Waals surface area contributed by atoms with E-state index in [1.165, 1.54) is 12.0 Å². The van der Waals surface area contributed by atoms with Gasteiger partial charge in [0.2, 0.25) is 21.8 Å². The molecular weight excluding hydrogens is 534 g/mol. The molecule has 1 aliphatic carbocycles. The third-order valence-corrected chi connectivity index (χ3v) is 7.84. The fraction of sp³-hybridized carbons (Fsp3) is 0.440. The maximum Gasteiger partial charge on any atom is 0.244 e. The van der Waals surface area contributed by atoms with Crippen LogP contribution in [0, 0.1) is 0 Å². The van der Waals surface area contributed by atoms with E-state index in [1.807, 2.05) is 24.3 Å². The Kier molecular flexibility index (Phi) is 9.18. The van der Waals surface area contributed by atoms with Gasteiger partial charge < -0.3 is 15.0 Å². The van der Waals surface area contributed by atoms with Crippen molar-refractivity contribution in [3.05, 3.63) is 58.6 Å². The molecule has 35 heavy (non-hydrogen) atoms. The number of anilines is 1. The van der Waals surface area contributed by atoms with Crippen LogP contribution in [0.25, 0.3) is 0 Å². The van der Waals surface area contributed by atoms with Crippen LogP contribution in [0.2, 0.25) is 0 Å². The van der Waals surface area contributed by atoms with Crippen molar-refractivity contribution in [1.29, 1.82) is 0 Å².